The van der Waals surface area contributed by atoms with Gasteiger partial charge in [0.25, 0.3) is 5.60 Å². The fourth-order valence-electron chi connectivity index (χ4n) is 3.52. The first kappa shape index (κ1) is 24.6. The molecule has 0 aliphatic carbocycles. The molecular formula is C24H20N6O5S2. The van der Waals surface area contributed by atoms with Crippen LogP contribution in [0.5, 0.6) is 0 Å². The number of hydrogen-bond donors (Lipinski definition) is 2. The van der Waals surface area contributed by atoms with Gasteiger partial charge in [-0.05, 0) is 30.6 Å². The van der Waals surface area contributed by atoms with Gasteiger partial charge in [-0.15, -0.1) is 5.10 Å². The van der Waals surface area contributed by atoms with E-state index in [4.69, 9.17) is 9.47 Å². The molecule has 2 aromatic carbocycles. The monoisotopic (exact) mass is 536 g/mol. The summed E-state index contributed by atoms with van der Waals surface area (Å²) in [6.45, 7) is 1.68. The summed E-state index contributed by atoms with van der Waals surface area (Å²) in [5.41, 5.74) is 0.348. The van der Waals surface area contributed by atoms with Crippen molar-refractivity contribution in [2.24, 2.45) is 0 Å². The molecule has 0 saturated heterocycles. The lowest BCUT2D eigenvalue weighted by molar-refractivity contribution is -0.169. The quantitative estimate of drug-likeness (QED) is 0.302. The maximum absolute atomic E-state index is 13.2. The Morgan fingerprint density at radius 3 is 2.54 bits per heavy atom. The third kappa shape index (κ3) is 4.95. The van der Waals surface area contributed by atoms with Crippen LogP contribution in [0, 0.1) is 0 Å². The number of esters is 2. The Morgan fingerprint density at radius 1 is 1.14 bits per heavy atom. The van der Waals surface area contributed by atoms with Crippen LogP contribution in [0.4, 0.5) is 0 Å². The fraction of sp³-hybridized carbons (Fsp3) is 0.167. The number of hydrogen-bond acceptors (Lipinski definition) is 11. The van der Waals surface area contributed by atoms with Gasteiger partial charge in [0, 0.05) is 11.1 Å². The van der Waals surface area contributed by atoms with E-state index in [9.17, 15) is 14.7 Å². The van der Waals surface area contributed by atoms with Crippen molar-refractivity contribution in [1.29, 1.82) is 0 Å². The van der Waals surface area contributed by atoms with Gasteiger partial charge in [0.05, 0.1) is 23.5 Å². The Morgan fingerprint density at radius 2 is 1.84 bits per heavy atom. The van der Waals surface area contributed by atoms with Crippen molar-refractivity contribution in [3.8, 4) is 22.6 Å². The molecule has 1 aliphatic rings. The van der Waals surface area contributed by atoms with Gasteiger partial charge in [-0.25, -0.2) is 14.6 Å². The topological polar surface area (TPSA) is 145 Å². The molecule has 188 valence electrons. The summed E-state index contributed by atoms with van der Waals surface area (Å²) in [7, 11) is 0. The van der Waals surface area contributed by atoms with Crippen LogP contribution >= 0.6 is 23.7 Å². The molecule has 5 rings (SSSR count). The summed E-state index contributed by atoms with van der Waals surface area (Å²) in [5, 5.41) is 26.1. The molecule has 0 fully saturated rings. The molecule has 0 bridgehead atoms. The maximum atomic E-state index is 13.2. The van der Waals surface area contributed by atoms with Gasteiger partial charge < -0.3 is 14.6 Å². The van der Waals surface area contributed by atoms with Crippen molar-refractivity contribution in [3.63, 3.8) is 0 Å². The summed E-state index contributed by atoms with van der Waals surface area (Å²) in [6.07, 6.45) is 1.69. The third-order valence-electron chi connectivity index (χ3n) is 5.29. The highest BCUT2D eigenvalue weighted by Gasteiger charge is 2.56. The lowest BCUT2D eigenvalue weighted by atomic mass is 10.1. The van der Waals surface area contributed by atoms with E-state index in [0.29, 0.717) is 11.5 Å². The lowest BCUT2D eigenvalue weighted by Gasteiger charge is -2.26. The molecule has 11 nitrogen and oxygen atoms in total. The number of nitrogens with one attached hydrogen (secondary N) is 1. The first-order chi connectivity index (χ1) is 18.0. The predicted molar refractivity (Wildman–Crippen MR) is 136 cm³/mol. The molecule has 37 heavy (non-hydrogen) atoms. The van der Waals surface area contributed by atoms with Crippen LogP contribution < -0.4 is 0 Å². The molecular weight excluding hydrogens is 516 g/mol. The highest BCUT2D eigenvalue weighted by atomic mass is 32.2. The average Bonchev–Trinajstić information content (AvgIpc) is 3.65. The van der Waals surface area contributed by atoms with Crippen LogP contribution in [0.3, 0.4) is 0 Å². The molecule has 2 N–H and O–H groups in total. The molecule has 0 saturated carbocycles. The number of benzene rings is 2. The normalized spacial score (nSPS) is 17.2. The standard InChI is InChI=1S/C24H20N6O5S2/c1-2-34-22(33)24(14-36-30-13-17(26-29-30)15-9-5-3-6-10-15)19(18(31)21(32)35-24)37-23-25-20(27-28-23)16-11-7-4-8-12-16/h3-13,31H,2,14H2,1H3,(H,25,27,28). The molecule has 0 amide bonds. The predicted octanol–water partition coefficient (Wildman–Crippen LogP) is 3.65. The van der Waals surface area contributed by atoms with Gasteiger partial charge in [0.1, 0.15) is 5.69 Å². The molecule has 4 aromatic rings. The SMILES string of the molecule is CCOC(=O)C1(CSn2cc(-c3ccccc3)nn2)OC(=O)C(O)=C1Sc1nc(-c2ccccc2)n[nH]1. The Labute approximate surface area is 219 Å². The lowest BCUT2D eigenvalue weighted by Crippen LogP contribution is -2.45. The number of carbonyl (C=O) groups is 2. The van der Waals surface area contributed by atoms with E-state index < -0.39 is 23.3 Å². The molecule has 2 aromatic heterocycles. The van der Waals surface area contributed by atoms with Gasteiger partial charge in [-0.2, -0.15) is 9.19 Å². The van der Waals surface area contributed by atoms with E-state index in [1.165, 1.54) is 4.09 Å². The van der Waals surface area contributed by atoms with Crippen molar-refractivity contribution in [3.05, 3.63) is 77.5 Å². The number of aliphatic hydroxyl groups is 1. The number of aromatic nitrogens is 6. The highest BCUT2D eigenvalue weighted by molar-refractivity contribution is 8.03. The average molecular weight is 537 g/mol. The van der Waals surface area contributed by atoms with Crippen molar-refractivity contribution in [1.82, 2.24) is 29.6 Å². The number of aromatic amines is 1. The maximum Gasteiger partial charge on any atom is 0.375 e. The Hall–Kier alpha value is -4.10. The van der Waals surface area contributed by atoms with E-state index >= 15 is 0 Å². The zero-order chi connectivity index (χ0) is 25.8. The largest absolute Gasteiger partial charge is 0.501 e. The van der Waals surface area contributed by atoms with Crippen LogP contribution in [0.2, 0.25) is 0 Å². The number of carbonyl (C=O) groups excluding carboxylic acids is 2. The number of nitrogens with zero attached hydrogens (tertiary/aromatic N) is 5. The van der Waals surface area contributed by atoms with Crippen LogP contribution in [0.15, 0.2) is 82.7 Å². The molecule has 13 heteroatoms. The van der Waals surface area contributed by atoms with E-state index in [1.54, 1.807) is 13.1 Å². The van der Waals surface area contributed by atoms with Crippen molar-refractivity contribution >= 4 is 35.6 Å². The van der Waals surface area contributed by atoms with Gasteiger partial charge in [0.15, 0.2) is 11.0 Å². The summed E-state index contributed by atoms with van der Waals surface area (Å²) in [5.74, 6) is -2.28. The number of thioether (sulfide) groups is 1. The van der Waals surface area contributed by atoms with E-state index in [2.05, 4.69) is 25.5 Å². The highest BCUT2D eigenvalue weighted by Crippen LogP contribution is 2.45. The Bertz CT molecular complexity index is 1460. The summed E-state index contributed by atoms with van der Waals surface area (Å²) in [4.78, 5) is 30.0. The van der Waals surface area contributed by atoms with E-state index in [1.807, 2.05) is 60.7 Å². The zero-order valence-corrected chi connectivity index (χ0v) is 21.0. The van der Waals surface area contributed by atoms with Crippen molar-refractivity contribution < 1.29 is 24.2 Å². The zero-order valence-electron chi connectivity index (χ0n) is 19.4. The Balaban J connectivity index is 1.42. The van der Waals surface area contributed by atoms with Crippen LogP contribution in [0.1, 0.15) is 6.92 Å². The first-order valence-corrected chi connectivity index (χ1v) is 12.9. The molecule has 0 spiro atoms. The van der Waals surface area contributed by atoms with E-state index in [0.717, 1.165) is 34.8 Å². The number of aliphatic hydroxyl groups excluding tert-OH is 1. The van der Waals surface area contributed by atoms with Crippen LogP contribution in [-0.4, -0.2) is 64.6 Å². The third-order valence-corrected chi connectivity index (χ3v) is 7.37. The number of cyclic esters (lactones) is 1. The summed E-state index contributed by atoms with van der Waals surface area (Å²) in [6, 6.07) is 18.7. The molecule has 1 unspecified atom stereocenters. The second-order valence-electron chi connectivity index (χ2n) is 7.69. The number of rotatable bonds is 9. The number of H-pyrrole nitrogens is 1. The summed E-state index contributed by atoms with van der Waals surface area (Å²) < 4.78 is 12.2. The number of ether oxygens (including phenoxy) is 2. The van der Waals surface area contributed by atoms with Crippen molar-refractivity contribution in [2.45, 2.75) is 17.7 Å². The fourth-order valence-corrected chi connectivity index (χ4v) is 5.47. The molecule has 3 heterocycles. The van der Waals surface area contributed by atoms with Gasteiger partial charge in [-0.3, -0.25) is 5.10 Å². The molecule has 0 radical (unpaired) electrons. The molecule has 1 aliphatic heterocycles. The van der Waals surface area contributed by atoms with Gasteiger partial charge in [0.2, 0.25) is 5.76 Å². The van der Waals surface area contributed by atoms with Crippen molar-refractivity contribution in [2.75, 3.05) is 12.4 Å². The molecule has 1 atom stereocenters. The minimum atomic E-state index is -1.93. The smallest absolute Gasteiger partial charge is 0.375 e. The second kappa shape index (κ2) is 10.5. The minimum Gasteiger partial charge on any atom is -0.501 e. The Kier molecular flexibility index (Phi) is 6.97. The first-order valence-electron chi connectivity index (χ1n) is 11.1. The minimum absolute atomic E-state index is 0.0451. The summed E-state index contributed by atoms with van der Waals surface area (Å²) >= 11 is 1.94. The van der Waals surface area contributed by atoms with Crippen LogP contribution in [-0.2, 0) is 19.1 Å². The van der Waals surface area contributed by atoms with Gasteiger partial charge >= 0.3 is 11.9 Å². The van der Waals surface area contributed by atoms with Gasteiger partial charge in [-0.1, -0.05) is 65.9 Å². The van der Waals surface area contributed by atoms with Crippen LogP contribution in [0.25, 0.3) is 22.6 Å². The second-order valence-corrected chi connectivity index (χ2v) is 9.61. The van der Waals surface area contributed by atoms with E-state index in [-0.39, 0.29) is 22.4 Å².